The van der Waals surface area contributed by atoms with Crippen LogP contribution in [0.5, 0.6) is 0 Å². The van der Waals surface area contributed by atoms with Gasteiger partial charge >= 0.3 is 5.69 Å². The van der Waals surface area contributed by atoms with Gasteiger partial charge in [0.05, 0.1) is 10.6 Å². The maximum atomic E-state index is 12.8. The van der Waals surface area contributed by atoms with E-state index < -0.39 is 17.0 Å². The lowest BCUT2D eigenvalue weighted by atomic mass is 10.2. The van der Waals surface area contributed by atoms with Gasteiger partial charge in [-0.15, -0.1) is 21.5 Å². The number of anilines is 1. The van der Waals surface area contributed by atoms with E-state index in [1.807, 2.05) is 42.9 Å². The largest absolute Gasteiger partial charge is 0.384 e. The van der Waals surface area contributed by atoms with Gasteiger partial charge in [-0.25, -0.2) is 4.79 Å². The number of hydrogen-bond acceptors (Lipinski definition) is 8. The molecule has 0 aliphatic rings. The Morgan fingerprint density at radius 2 is 2.07 bits per heavy atom. The minimum absolute atomic E-state index is 0.0459. The summed E-state index contributed by atoms with van der Waals surface area (Å²) in [4.78, 5) is 40.2. The lowest BCUT2D eigenvalue weighted by Gasteiger charge is -2.13. The Balaban J connectivity index is 1.85. The third-order valence-corrected chi connectivity index (χ3v) is 6.01. The molecule has 154 valence electrons. The normalized spacial score (nSPS) is 11.3. The van der Waals surface area contributed by atoms with Gasteiger partial charge in [0.1, 0.15) is 11.4 Å². The molecular weight excluding hydrogens is 412 g/mol. The molecule has 3 rings (SSSR count). The van der Waals surface area contributed by atoms with Crippen LogP contribution in [-0.2, 0) is 13.1 Å². The Morgan fingerprint density at radius 1 is 1.31 bits per heavy atom. The van der Waals surface area contributed by atoms with Gasteiger partial charge in [-0.2, -0.15) is 0 Å². The fraction of sp³-hybridized carbons (Fsp3) is 0.389. The molecule has 0 amide bonds. The number of ketones is 1. The molecule has 0 fully saturated rings. The van der Waals surface area contributed by atoms with Gasteiger partial charge in [-0.1, -0.05) is 31.7 Å². The number of aromatic nitrogens is 5. The zero-order chi connectivity index (χ0) is 21.1. The quantitative estimate of drug-likeness (QED) is 0.410. The van der Waals surface area contributed by atoms with Crippen LogP contribution in [0.1, 0.15) is 31.1 Å². The van der Waals surface area contributed by atoms with E-state index in [4.69, 9.17) is 5.73 Å². The molecule has 3 aromatic rings. The number of hydrogen-bond donors (Lipinski definition) is 2. The van der Waals surface area contributed by atoms with E-state index in [2.05, 4.69) is 15.2 Å². The molecule has 0 saturated heterocycles. The van der Waals surface area contributed by atoms with Crippen molar-refractivity contribution in [1.82, 2.24) is 24.3 Å². The highest BCUT2D eigenvalue weighted by molar-refractivity contribution is 7.99. The molecule has 0 bridgehead atoms. The summed E-state index contributed by atoms with van der Waals surface area (Å²) >= 11 is 2.74. The van der Waals surface area contributed by atoms with Crippen LogP contribution in [0.25, 0.3) is 10.7 Å². The number of nitrogens with two attached hydrogens (primary N) is 1. The van der Waals surface area contributed by atoms with E-state index in [1.165, 1.54) is 16.3 Å². The van der Waals surface area contributed by atoms with Crippen LogP contribution >= 0.6 is 23.1 Å². The van der Waals surface area contributed by atoms with Gasteiger partial charge in [0.25, 0.3) is 5.56 Å². The molecule has 11 heteroatoms. The average Bonchev–Trinajstić information content (AvgIpc) is 3.31. The Labute approximate surface area is 175 Å². The van der Waals surface area contributed by atoms with Crippen molar-refractivity contribution < 1.29 is 4.79 Å². The van der Waals surface area contributed by atoms with E-state index in [0.29, 0.717) is 18.2 Å². The molecule has 29 heavy (non-hydrogen) atoms. The molecule has 0 aliphatic carbocycles. The van der Waals surface area contributed by atoms with Crippen molar-refractivity contribution in [2.75, 3.05) is 11.5 Å². The van der Waals surface area contributed by atoms with E-state index in [0.717, 1.165) is 10.7 Å². The third kappa shape index (κ3) is 4.35. The number of thiophene rings is 1. The predicted molar refractivity (Wildman–Crippen MR) is 115 cm³/mol. The minimum Gasteiger partial charge on any atom is -0.384 e. The highest BCUT2D eigenvalue weighted by atomic mass is 32.2. The molecule has 0 radical (unpaired) electrons. The standard InChI is InChI=1S/C18H22N6O3S2/c1-4-23-15(12-6-5-7-28-12)21-22-18(23)29-9-11(25)13-14(19)24(8-10(2)3)17(27)20-16(13)26/h5-7,10H,4,8-9,19H2,1-3H3,(H,20,26,27). The number of aromatic amines is 1. The molecule has 0 aliphatic heterocycles. The summed E-state index contributed by atoms with van der Waals surface area (Å²) in [5.74, 6) is 0.247. The first kappa shape index (κ1) is 21.1. The van der Waals surface area contributed by atoms with Crippen molar-refractivity contribution in [1.29, 1.82) is 0 Å². The number of carbonyl (C=O) groups is 1. The van der Waals surface area contributed by atoms with Crippen LogP contribution < -0.4 is 17.0 Å². The first-order chi connectivity index (χ1) is 13.8. The van der Waals surface area contributed by atoms with E-state index in [1.54, 1.807) is 11.3 Å². The molecular formula is C18H22N6O3S2. The Bertz CT molecular complexity index is 1130. The maximum Gasteiger partial charge on any atom is 0.329 e. The lowest BCUT2D eigenvalue weighted by Crippen LogP contribution is -2.37. The molecule has 0 unspecified atom stereocenters. The summed E-state index contributed by atoms with van der Waals surface area (Å²) in [7, 11) is 0. The van der Waals surface area contributed by atoms with Gasteiger partial charge in [0.15, 0.2) is 16.8 Å². The van der Waals surface area contributed by atoms with Gasteiger partial charge in [-0.05, 0) is 24.3 Å². The Morgan fingerprint density at radius 3 is 2.69 bits per heavy atom. The average molecular weight is 435 g/mol. The lowest BCUT2D eigenvalue weighted by molar-refractivity contribution is 0.102. The van der Waals surface area contributed by atoms with E-state index in [9.17, 15) is 14.4 Å². The van der Waals surface area contributed by atoms with Crippen LogP contribution in [0.4, 0.5) is 5.82 Å². The van der Waals surface area contributed by atoms with E-state index in [-0.39, 0.29) is 23.1 Å². The van der Waals surface area contributed by atoms with Crippen molar-refractivity contribution in [2.24, 2.45) is 5.92 Å². The summed E-state index contributed by atoms with van der Waals surface area (Å²) in [6.07, 6.45) is 0. The van der Waals surface area contributed by atoms with Crippen molar-refractivity contribution in [3.8, 4) is 10.7 Å². The Hall–Kier alpha value is -2.66. The van der Waals surface area contributed by atoms with Crippen molar-refractivity contribution in [3.63, 3.8) is 0 Å². The SMILES string of the molecule is CCn1c(SCC(=O)c2c(N)n(CC(C)C)c(=O)[nH]c2=O)nnc1-c1cccs1. The summed E-state index contributed by atoms with van der Waals surface area (Å²) < 4.78 is 3.14. The molecule has 0 aromatic carbocycles. The topological polar surface area (TPSA) is 129 Å². The smallest absolute Gasteiger partial charge is 0.329 e. The van der Waals surface area contributed by atoms with Crippen LogP contribution in [0.2, 0.25) is 0 Å². The predicted octanol–water partition coefficient (Wildman–Crippen LogP) is 2.09. The zero-order valence-electron chi connectivity index (χ0n) is 16.3. The summed E-state index contributed by atoms with van der Waals surface area (Å²) in [6.45, 7) is 6.74. The number of thioether (sulfide) groups is 1. The van der Waals surface area contributed by atoms with E-state index >= 15 is 0 Å². The van der Waals surface area contributed by atoms with Crippen LogP contribution in [-0.4, -0.2) is 35.9 Å². The number of nitrogens with one attached hydrogen (secondary N) is 1. The molecule has 3 aromatic heterocycles. The Kier molecular flexibility index (Phi) is 6.38. The summed E-state index contributed by atoms with van der Waals surface area (Å²) in [5.41, 5.74) is 4.43. The van der Waals surface area contributed by atoms with Gasteiger partial charge in [-0.3, -0.25) is 19.1 Å². The molecule has 3 N–H and O–H groups in total. The highest BCUT2D eigenvalue weighted by Gasteiger charge is 2.21. The second kappa shape index (κ2) is 8.78. The number of rotatable bonds is 8. The summed E-state index contributed by atoms with van der Waals surface area (Å²) in [5, 5.41) is 10.9. The molecule has 9 nitrogen and oxygen atoms in total. The maximum absolute atomic E-state index is 12.8. The fourth-order valence-electron chi connectivity index (χ4n) is 2.87. The number of H-pyrrole nitrogens is 1. The highest BCUT2D eigenvalue weighted by Crippen LogP contribution is 2.27. The first-order valence-electron chi connectivity index (χ1n) is 9.09. The number of carbonyl (C=O) groups excluding carboxylic acids is 1. The minimum atomic E-state index is -0.769. The number of nitrogen functional groups attached to an aromatic ring is 1. The zero-order valence-corrected chi connectivity index (χ0v) is 18.0. The second-order valence-corrected chi connectivity index (χ2v) is 8.65. The molecule has 0 spiro atoms. The number of nitrogens with zero attached hydrogens (tertiary/aromatic N) is 4. The van der Waals surface area contributed by atoms with Crippen LogP contribution in [0, 0.1) is 5.92 Å². The molecule has 3 heterocycles. The van der Waals surface area contributed by atoms with Crippen molar-refractivity contribution in [3.05, 3.63) is 43.9 Å². The molecule has 0 saturated carbocycles. The second-order valence-electron chi connectivity index (χ2n) is 6.76. The fourth-order valence-corrected chi connectivity index (χ4v) is 4.47. The molecule has 0 atom stereocenters. The third-order valence-electron chi connectivity index (χ3n) is 4.17. The summed E-state index contributed by atoms with van der Waals surface area (Å²) in [6, 6.07) is 3.89. The monoisotopic (exact) mass is 434 g/mol. The van der Waals surface area contributed by atoms with Gasteiger partial charge in [0, 0.05) is 13.1 Å². The van der Waals surface area contributed by atoms with Gasteiger partial charge in [0.2, 0.25) is 0 Å². The number of Topliss-reactive ketones (excluding diaryl/α,β-unsaturated/α-hetero) is 1. The first-order valence-corrected chi connectivity index (χ1v) is 11.0. The van der Waals surface area contributed by atoms with Crippen molar-refractivity contribution >= 4 is 34.7 Å². The van der Waals surface area contributed by atoms with Crippen LogP contribution in [0.3, 0.4) is 0 Å². The van der Waals surface area contributed by atoms with Crippen LogP contribution in [0.15, 0.2) is 32.3 Å². The van der Waals surface area contributed by atoms with Crippen molar-refractivity contribution in [2.45, 2.75) is 39.0 Å². The van der Waals surface area contributed by atoms with Gasteiger partial charge < -0.3 is 10.3 Å².